The molecule has 3 N–H and O–H groups in total. The lowest BCUT2D eigenvalue weighted by Crippen LogP contribution is -2.55. The maximum absolute atomic E-state index is 12.9. The molecule has 198 valence electrons. The summed E-state index contributed by atoms with van der Waals surface area (Å²) in [6.07, 6.45) is 2.81. The number of ether oxygens (including phenoxy) is 2. The molecule has 0 spiro atoms. The first-order valence-corrected chi connectivity index (χ1v) is 12.5. The van der Waals surface area contributed by atoms with Gasteiger partial charge in [-0.2, -0.15) is 0 Å². The molecule has 0 aliphatic rings. The van der Waals surface area contributed by atoms with Gasteiger partial charge in [0.1, 0.15) is 12.1 Å². The van der Waals surface area contributed by atoms with E-state index in [0.717, 1.165) is 10.0 Å². The zero-order valence-electron chi connectivity index (χ0n) is 21.0. The third-order valence-electron chi connectivity index (χ3n) is 4.82. The second-order valence-corrected chi connectivity index (χ2v) is 8.96. The van der Waals surface area contributed by atoms with E-state index in [9.17, 15) is 24.0 Å². The maximum atomic E-state index is 12.9. The van der Waals surface area contributed by atoms with Gasteiger partial charge < -0.3 is 25.4 Å². The number of hydrogen-bond donors (Lipinski definition) is 3. The van der Waals surface area contributed by atoms with Crippen LogP contribution in [0.25, 0.3) is 6.08 Å². The SMILES string of the molecule is CCOC(=O)CC[C@@H](NC(=O)[C@@H](NC(=O)CNC(=O)/C=C/c1ccc(Br)cc1)C(C)C)C(=O)OCC. The second kappa shape index (κ2) is 16.5. The molecule has 11 heteroatoms. The molecule has 3 amide bonds. The van der Waals surface area contributed by atoms with Crippen LogP contribution in [0, 0.1) is 5.92 Å². The lowest BCUT2D eigenvalue weighted by Gasteiger charge is -2.24. The highest BCUT2D eigenvalue weighted by Crippen LogP contribution is 2.11. The van der Waals surface area contributed by atoms with Crippen molar-refractivity contribution in [2.45, 2.75) is 52.6 Å². The summed E-state index contributed by atoms with van der Waals surface area (Å²) < 4.78 is 10.8. The van der Waals surface area contributed by atoms with Crippen molar-refractivity contribution in [2.75, 3.05) is 19.8 Å². The van der Waals surface area contributed by atoms with E-state index < -0.39 is 41.7 Å². The van der Waals surface area contributed by atoms with Crippen LogP contribution < -0.4 is 16.0 Å². The van der Waals surface area contributed by atoms with E-state index in [1.807, 2.05) is 24.3 Å². The third kappa shape index (κ3) is 12.0. The van der Waals surface area contributed by atoms with Crippen molar-refractivity contribution in [3.05, 3.63) is 40.4 Å². The van der Waals surface area contributed by atoms with Crippen LogP contribution in [0.4, 0.5) is 0 Å². The first-order chi connectivity index (χ1) is 17.1. The molecule has 0 aliphatic heterocycles. The highest BCUT2D eigenvalue weighted by Gasteiger charge is 2.30. The zero-order chi connectivity index (χ0) is 27.1. The Hall–Kier alpha value is -3.21. The van der Waals surface area contributed by atoms with Crippen LogP contribution in [-0.2, 0) is 33.4 Å². The molecule has 0 bridgehead atoms. The van der Waals surface area contributed by atoms with Crippen LogP contribution >= 0.6 is 15.9 Å². The Morgan fingerprint density at radius 2 is 1.61 bits per heavy atom. The molecule has 1 rings (SSSR count). The molecular weight excluding hydrogens is 534 g/mol. The van der Waals surface area contributed by atoms with Crippen molar-refractivity contribution in [1.29, 1.82) is 0 Å². The molecule has 10 nitrogen and oxygen atoms in total. The van der Waals surface area contributed by atoms with Crippen LogP contribution in [0.3, 0.4) is 0 Å². The predicted octanol–water partition coefficient (Wildman–Crippen LogP) is 2.11. The van der Waals surface area contributed by atoms with Gasteiger partial charge in [0.05, 0.1) is 19.8 Å². The number of nitrogens with one attached hydrogen (secondary N) is 3. The number of esters is 2. The molecule has 1 aromatic rings. The summed E-state index contributed by atoms with van der Waals surface area (Å²) in [7, 11) is 0. The van der Waals surface area contributed by atoms with E-state index in [0.29, 0.717) is 0 Å². The summed E-state index contributed by atoms with van der Waals surface area (Å²) in [6, 6.07) is 5.26. The number of carbonyl (C=O) groups is 5. The molecule has 1 aromatic carbocycles. The standard InChI is InChI=1S/C25H34BrN3O7/c1-5-35-22(32)14-12-19(25(34)36-6-2)28-24(33)23(16(3)4)29-21(31)15-27-20(30)13-9-17-7-10-18(26)11-8-17/h7-11,13,16,19,23H,5-6,12,14-15H2,1-4H3,(H,27,30)(H,28,33)(H,29,31)/b13-9+/t19-,23+/m1/s1. The normalized spacial score (nSPS) is 12.5. The minimum Gasteiger partial charge on any atom is -0.466 e. The summed E-state index contributed by atoms with van der Waals surface area (Å²) in [5.74, 6) is -3.17. The number of halogens is 1. The van der Waals surface area contributed by atoms with Crippen molar-refractivity contribution >= 4 is 51.7 Å². The Bertz CT molecular complexity index is 932. The van der Waals surface area contributed by atoms with E-state index in [-0.39, 0.29) is 38.5 Å². The quantitative estimate of drug-likeness (QED) is 0.231. The lowest BCUT2D eigenvalue weighted by molar-refractivity contribution is -0.149. The van der Waals surface area contributed by atoms with Crippen molar-refractivity contribution in [3.63, 3.8) is 0 Å². The van der Waals surface area contributed by atoms with Crippen molar-refractivity contribution in [3.8, 4) is 0 Å². The fourth-order valence-electron chi connectivity index (χ4n) is 2.98. The molecule has 0 saturated carbocycles. The Morgan fingerprint density at radius 3 is 2.19 bits per heavy atom. The van der Waals surface area contributed by atoms with E-state index in [1.54, 1.807) is 33.8 Å². The van der Waals surface area contributed by atoms with Crippen molar-refractivity contribution < 1.29 is 33.4 Å². The van der Waals surface area contributed by atoms with Gasteiger partial charge in [-0.05, 0) is 50.0 Å². The molecule has 0 saturated heterocycles. The molecule has 0 heterocycles. The summed E-state index contributed by atoms with van der Waals surface area (Å²) in [5.41, 5.74) is 0.813. The summed E-state index contributed by atoms with van der Waals surface area (Å²) in [5, 5.41) is 7.59. The minimum absolute atomic E-state index is 0.0110. The van der Waals surface area contributed by atoms with Crippen LogP contribution in [-0.4, -0.2) is 61.5 Å². The maximum Gasteiger partial charge on any atom is 0.328 e. The highest BCUT2D eigenvalue weighted by atomic mass is 79.9. The Kier molecular flexibility index (Phi) is 14.1. The van der Waals surface area contributed by atoms with E-state index in [4.69, 9.17) is 9.47 Å². The third-order valence-corrected chi connectivity index (χ3v) is 5.34. The zero-order valence-corrected chi connectivity index (χ0v) is 22.6. The number of benzene rings is 1. The smallest absolute Gasteiger partial charge is 0.328 e. The molecule has 0 radical (unpaired) electrons. The van der Waals surface area contributed by atoms with Crippen LogP contribution in [0.15, 0.2) is 34.8 Å². The summed E-state index contributed by atoms with van der Waals surface area (Å²) >= 11 is 3.33. The van der Waals surface area contributed by atoms with E-state index in [2.05, 4.69) is 31.9 Å². The van der Waals surface area contributed by atoms with Crippen LogP contribution in [0.2, 0.25) is 0 Å². The van der Waals surface area contributed by atoms with E-state index in [1.165, 1.54) is 6.08 Å². The van der Waals surface area contributed by atoms with Gasteiger partial charge in [-0.3, -0.25) is 19.2 Å². The number of amides is 3. The molecule has 0 aliphatic carbocycles. The Balaban J connectivity index is 2.69. The summed E-state index contributed by atoms with van der Waals surface area (Å²) in [4.78, 5) is 61.3. The first-order valence-electron chi connectivity index (χ1n) is 11.7. The number of carbonyl (C=O) groups excluding carboxylic acids is 5. The molecule has 0 fully saturated rings. The molecule has 36 heavy (non-hydrogen) atoms. The predicted molar refractivity (Wildman–Crippen MR) is 137 cm³/mol. The van der Waals surface area contributed by atoms with Gasteiger partial charge in [-0.1, -0.05) is 41.9 Å². The van der Waals surface area contributed by atoms with Gasteiger partial charge in [0.2, 0.25) is 17.7 Å². The first kappa shape index (κ1) is 30.8. The van der Waals surface area contributed by atoms with Gasteiger partial charge >= 0.3 is 11.9 Å². The van der Waals surface area contributed by atoms with Crippen molar-refractivity contribution in [2.24, 2.45) is 5.92 Å². The van der Waals surface area contributed by atoms with Gasteiger partial charge in [-0.15, -0.1) is 0 Å². The fraction of sp³-hybridized carbons (Fsp3) is 0.480. The minimum atomic E-state index is -1.08. The van der Waals surface area contributed by atoms with Gasteiger partial charge in [0, 0.05) is 17.0 Å². The van der Waals surface area contributed by atoms with E-state index >= 15 is 0 Å². The molecule has 2 atom stereocenters. The van der Waals surface area contributed by atoms with Gasteiger partial charge in [0.15, 0.2) is 0 Å². The molecular formula is C25H34BrN3O7. The Morgan fingerprint density at radius 1 is 0.972 bits per heavy atom. The Labute approximate surface area is 219 Å². The average Bonchev–Trinajstić information content (AvgIpc) is 2.83. The summed E-state index contributed by atoms with van der Waals surface area (Å²) in [6.45, 7) is 6.70. The van der Waals surface area contributed by atoms with Crippen LogP contribution in [0.5, 0.6) is 0 Å². The molecule has 0 unspecified atom stereocenters. The topological polar surface area (TPSA) is 140 Å². The largest absolute Gasteiger partial charge is 0.466 e. The second-order valence-electron chi connectivity index (χ2n) is 8.05. The lowest BCUT2D eigenvalue weighted by atomic mass is 10.0. The van der Waals surface area contributed by atoms with Gasteiger partial charge in [-0.25, -0.2) is 4.79 Å². The van der Waals surface area contributed by atoms with Crippen molar-refractivity contribution in [1.82, 2.24) is 16.0 Å². The average molecular weight is 568 g/mol. The molecule has 0 aromatic heterocycles. The monoisotopic (exact) mass is 567 g/mol. The van der Waals surface area contributed by atoms with Gasteiger partial charge in [0.25, 0.3) is 0 Å². The number of rotatable bonds is 14. The van der Waals surface area contributed by atoms with Crippen LogP contribution in [0.1, 0.15) is 46.1 Å². The fourth-order valence-corrected chi connectivity index (χ4v) is 3.24. The number of hydrogen-bond acceptors (Lipinski definition) is 7. The highest BCUT2D eigenvalue weighted by molar-refractivity contribution is 9.10.